The number of furan rings is 1. The van der Waals surface area contributed by atoms with Crippen LogP contribution in [-0.4, -0.2) is 17.5 Å². The maximum Gasteiger partial charge on any atom is 0.134 e. The number of nitrogens with two attached hydrogens (primary N) is 1. The van der Waals surface area contributed by atoms with Crippen LogP contribution in [-0.2, 0) is 13.1 Å². The average molecular weight is 272 g/mol. The summed E-state index contributed by atoms with van der Waals surface area (Å²) < 4.78 is 5.90. The predicted molar refractivity (Wildman–Crippen MR) is 82.4 cm³/mol. The minimum atomic E-state index is 0.474. The van der Waals surface area contributed by atoms with Crippen molar-refractivity contribution in [3.63, 3.8) is 0 Å². The monoisotopic (exact) mass is 272 g/mol. The molecule has 1 aromatic carbocycles. The van der Waals surface area contributed by atoms with Crippen LogP contribution in [0.5, 0.6) is 0 Å². The highest BCUT2D eigenvalue weighted by Crippen LogP contribution is 2.30. The number of likely N-dealkylation sites (tertiary alicyclic amines) is 1. The van der Waals surface area contributed by atoms with Crippen LogP contribution in [0.2, 0.25) is 0 Å². The molecule has 1 aliphatic rings. The van der Waals surface area contributed by atoms with Crippen LogP contribution in [0.1, 0.15) is 38.0 Å². The minimum Gasteiger partial charge on any atom is -0.459 e. The van der Waals surface area contributed by atoms with E-state index in [1.807, 2.05) is 12.1 Å². The highest BCUT2D eigenvalue weighted by atomic mass is 16.3. The molecule has 2 heterocycles. The number of hydrogen-bond donors (Lipinski definition) is 1. The lowest BCUT2D eigenvalue weighted by atomic mass is 9.91. The Morgan fingerprint density at radius 1 is 1.30 bits per heavy atom. The molecule has 1 fully saturated rings. The van der Waals surface area contributed by atoms with Gasteiger partial charge >= 0.3 is 0 Å². The van der Waals surface area contributed by atoms with E-state index in [0.717, 1.165) is 23.8 Å². The molecular formula is C17H24N2O. The van der Waals surface area contributed by atoms with Crippen LogP contribution in [0.3, 0.4) is 0 Å². The molecule has 0 aliphatic carbocycles. The van der Waals surface area contributed by atoms with E-state index >= 15 is 0 Å². The minimum absolute atomic E-state index is 0.474. The summed E-state index contributed by atoms with van der Waals surface area (Å²) in [5.74, 6) is 1.71. The van der Waals surface area contributed by atoms with Gasteiger partial charge in [-0.2, -0.15) is 0 Å². The van der Waals surface area contributed by atoms with Crippen molar-refractivity contribution in [2.45, 2.75) is 45.8 Å². The van der Waals surface area contributed by atoms with Crippen molar-refractivity contribution in [2.24, 2.45) is 11.7 Å². The predicted octanol–water partition coefficient (Wildman–Crippen LogP) is 3.51. The molecular weight excluding hydrogens is 248 g/mol. The fourth-order valence-electron chi connectivity index (χ4n) is 3.33. The Morgan fingerprint density at radius 2 is 2.10 bits per heavy atom. The number of fused-ring (bicyclic) bond motifs is 1. The lowest BCUT2D eigenvalue weighted by Gasteiger charge is -2.37. The van der Waals surface area contributed by atoms with E-state index in [-0.39, 0.29) is 0 Å². The number of nitrogens with zero attached hydrogens (tertiary/aromatic N) is 1. The van der Waals surface area contributed by atoms with Gasteiger partial charge in [-0.25, -0.2) is 0 Å². The molecule has 3 heteroatoms. The van der Waals surface area contributed by atoms with Crippen LogP contribution in [0.25, 0.3) is 11.0 Å². The second-order valence-electron chi connectivity index (χ2n) is 6.03. The van der Waals surface area contributed by atoms with E-state index in [2.05, 4.69) is 30.9 Å². The molecule has 0 radical (unpaired) electrons. The number of benzene rings is 1. The molecule has 2 aromatic rings. The van der Waals surface area contributed by atoms with E-state index in [1.54, 1.807) is 0 Å². The van der Waals surface area contributed by atoms with Gasteiger partial charge < -0.3 is 10.2 Å². The third-order valence-electron chi connectivity index (χ3n) is 4.83. The van der Waals surface area contributed by atoms with Gasteiger partial charge in [-0.1, -0.05) is 25.1 Å². The fourth-order valence-corrected chi connectivity index (χ4v) is 3.33. The first-order valence-electron chi connectivity index (χ1n) is 7.64. The molecule has 1 aliphatic heterocycles. The molecule has 2 atom stereocenters. The Morgan fingerprint density at radius 3 is 2.90 bits per heavy atom. The summed E-state index contributed by atoms with van der Waals surface area (Å²) in [5, 5.41) is 1.22. The first-order chi connectivity index (χ1) is 9.70. The average Bonchev–Trinajstić information content (AvgIpc) is 2.82. The van der Waals surface area contributed by atoms with Crippen molar-refractivity contribution in [2.75, 3.05) is 6.54 Å². The molecule has 0 spiro atoms. The number of hydrogen-bond acceptors (Lipinski definition) is 3. The molecule has 0 saturated carbocycles. The standard InChI is InChI=1S/C17H24N2O/c1-12-6-5-9-19(13(12)2)11-15-14-7-3-4-8-16(14)20-17(15)10-18/h3-4,7-8,12-13H,5-6,9-11,18H2,1-2H3. The maximum atomic E-state index is 5.90. The molecule has 1 saturated heterocycles. The van der Waals surface area contributed by atoms with Gasteiger partial charge in [0.05, 0.1) is 6.54 Å². The third kappa shape index (κ3) is 2.36. The summed E-state index contributed by atoms with van der Waals surface area (Å²) in [6.45, 7) is 7.30. The van der Waals surface area contributed by atoms with Gasteiger partial charge in [0.25, 0.3) is 0 Å². The van der Waals surface area contributed by atoms with Gasteiger partial charge in [0, 0.05) is 23.5 Å². The van der Waals surface area contributed by atoms with E-state index in [1.165, 1.54) is 30.3 Å². The van der Waals surface area contributed by atoms with Crippen molar-refractivity contribution >= 4 is 11.0 Å². The third-order valence-corrected chi connectivity index (χ3v) is 4.83. The Kier molecular flexibility index (Phi) is 3.81. The van der Waals surface area contributed by atoms with Gasteiger partial charge in [0.15, 0.2) is 0 Å². The van der Waals surface area contributed by atoms with Crippen LogP contribution < -0.4 is 5.73 Å². The lowest BCUT2D eigenvalue weighted by molar-refractivity contribution is 0.106. The summed E-state index contributed by atoms with van der Waals surface area (Å²) in [4.78, 5) is 2.57. The molecule has 108 valence electrons. The molecule has 0 bridgehead atoms. The van der Waals surface area contributed by atoms with Gasteiger partial charge in [0.2, 0.25) is 0 Å². The molecule has 0 amide bonds. The van der Waals surface area contributed by atoms with Crippen molar-refractivity contribution < 1.29 is 4.42 Å². The van der Waals surface area contributed by atoms with Gasteiger partial charge in [-0.05, 0) is 38.3 Å². The van der Waals surface area contributed by atoms with Gasteiger partial charge in [-0.15, -0.1) is 0 Å². The Bertz CT molecular complexity index is 590. The summed E-state index contributed by atoms with van der Waals surface area (Å²) in [5.41, 5.74) is 8.11. The number of rotatable bonds is 3. The molecule has 3 rings (SSSR count). The maximum absolute atomic E-state index is 5.90. The Hall–Kier alpha value is -1.32. The molecule has 2 unspecified atom stereocenters. The van der Waals surface area contributed by atoms with Crippen molar-refractivity contribution in [1.82, 2.24) is 4.90 Å². The molecule has 1 aromatic heterocycles. The highest BCUT2D eigenvalue weighted by molar-refractivity contribution is 5.82. The second kappa shape index (κ2) is 5.58. The Balaban J connectivity index is 1.93. The van der Waals surface area contributed by atoms with Crippen LogP contribution in [0, 0.1) is 5.92 Å². The van der Waals surface area contributed by atoms with Crippen molar-refractivity contribution in [3.8, 4) is 0 Å². The summed E-state index contributed by atoms with van der Waals surface area (Å²) in [6, 6.07) is 8.89. The van der Waals surface area contributed by atoms with Gasteiger partial charge in [0.1, 0.15) is 11.3 Å². The van der Waals surface area contributed by atoms with E-state index in [4.69, 9.17) is 10.2 Å². The van der Waals surface area contributed by atoms with Crippen molar-refractivity contribution in [3.05, 3.63) is 35.6 Å². The van der Waals surface area contributed by atoms with Crippen molar-refractivity contribution in [1.29, 1.82) is 0 Å². The second-order valence-corrected chi connectivity index (χ2v) is 6.03. The number of para-hydroxylation sites is 1. The molecule has 2 N–H and O–H groups in total. The largest absolute Gasteiger partial charge is 0.459 e. The zero-order chi connectivity index (χ0) is 14.1. The van der Waals surface area contributed by atoms with Gasteiger partial charge in [-0.3, -0.25) is 4.90 Å². The zero-order valence-corrected chi connectivity index (χ0v) is 12.4. The molecule has 3 nitrogen and oxygen atoms in total. The topological polar surface area (TPSA) is 42.4 Å². The SMILES string of the molecule is CC1CCCN(Cc2c(CN)oc3ccccc23)C1C. The van der Waals surface area contributed by atoms with Crippen LogP contribution in [0.15, 0.2) is 28.7 Å². The normalized spacial score (nSPS) is 24.4. The van der Waals surface area contributed by atoms with E-state index in [0.29, 0.717) is 12.6 Å². The fraction of sp³-hybridized carbons (Fsp3) is 0.529. The van der Waals surface area contributed by atoms with Crippen LogP contribution in [0.4, 0.5) is 0 Å². The smallest absolute Gasteiger partial charge is 0.134 e. The first kappa shape index (κ1) is 13.7. The van der Waals surface area contributed by atoms with E-state index < -0.39 is 0 Å². The van der Waals surface area contributed by atoms with E-state index in [9.17, 15) is 0 Å². The van der Waals surface area contributed by atoms with Crippen LogP contribution >= 0.6 is 0 Å². The number of piperidine rings is 1. The Labute approximate surface area is 120 Å². The summed E-state index contributed by atoms with van der Waals surface area (Å²) >= 11 is 0. The quantitative estimate of drug-likeness (QED) is 0.929. The first-order valence-corrected chi connectivity index (χ1v) is 7.64. The molecule has 20 heavy (non-hydrogen) atoms. The lowest BCUT2D eigenvalue weighted by Crippen LogP contribution is -2.41. The highest BCUT2D eigenvalue weighted by Gasteiger charge is 2.26. The zero-order valence-electron chi connectivity index (χ0n) is 12.4. The summed E-state index contributed by atoms with van der Waals surface area (Å²) in [6.07, 6.45) is 2.63. The summed E-state index contributed by atoms with van der Waals surface area (Å²) in [7, 11) is 0.